The second-order valence-corrected chi connectivity index (χ2v) is 7.45. The van der Waals surface area contributed by atoms with E-state index in [2.05, 4.69) is 50.8 Å². The first-order chi connectivity index (χ1) is 13.3. The molecule has 4 rings (SSSR count). The Morgan fingerprint density at radius 1 is 1.00 bits per heavy atom. The number of aromatic nitrogens is 1. The van der Waals surface area contributed by atoms with Crippen LogP contribution in [0.25, 0.3) is 0 Å². The predicted octanol–water partition coefficient (Wildman–Crippen LogP) is 4.22. The molecule has 1 N–H and O–H groups in total. The van der Waals surface area contributed by atoms with Crippen molar-refractivity contribution in [3.05, 3.63) is 65.7 Å². The normalized spacial score (nSPS) is 14.9. The average molecular weight is 381 g/mol. The van der Waals surface area contributed by atoms with Crippen molar-refractivity contribution >= 4 is 27.8 Å². The van der Waals surface area contributed by atoms with Gasteiger partial charge in [0.15, 0.2) is 5.13 Å². The van der Waals surface area contributed by atoms with Gasteiger partial charge in [-0.05, 0) is 36.4 Å². The minimum Gasteiger partial charge on any atom is -0.497 e. The monoisotopic (exact) mass is 380 g/mol. The molecule has 3 aromatic rings. The Labute approximate surface area is 164 Å². The van der Waals surface area contributed by atoms with Crippen molar-refractivity contribution in [1.82, 2.24) is 9.88 Å². The molecule has 2 aromatic carbocycles. The van der Waals surface area contributed by atoms with Crippen LogP contribution < -0.4 is 15.0 Å². The van der Waals surface area contributed by atoms with Gasteiger partial charge in [0.2, 0.25) is 0 Å². The Morgan fingerprint density at radius 2 is 1.74 bits per heavy atom. The average Bonchev–Trinajstić information content (AvgIpc) is 3.16. The van der Waals surface area contributed by atoms with Crippen molar-refractivity contribution in [2.75, 3.05) is 43.5 Å². The fourth-order valence-corrected chi connectivity index (χ4v) is 3.99. The van der Waals surface area contributed by atoms with Gasteiger partial charge in [-0.15, -0.1) is 11.3 Å². The molecule has 0 radical (unpaired) electrons. The standard InChI is InChI=1S/C21H24N4OS/c1-26-20-9-7-17(8-10-20)22-21-23-18(16-27-21)15-24-11-13-25(14-12-24)19-5-3-2-4-6-19/h2-10,16H,11-15H2,1H3,(H,22,23). The first-order valence-electron chi connectivity index (χ1n) is 9.18. The van der Waals surface area contributed by atoms with Gasteiger partial charge < -0.3 is 15.0 Å². The number of thiazole rings is 1. The van der Waals surface area contributed by atoms with Crippen molar-refractivity contribution in [3.8, 4) is 5.75 Å². The molecule has 1 aromatic heterocycles. The van der Waals surface area contributed by atoms with Gasteiger partial charge in [0.05, 0.1) is 12.8 Å². The number of rotatable bonds is 6. The Bertz CT molecular complexity index is 842. The summed E-state index contributed by atoms with van der Waals surface area (Å²) in [6, 6.07) is 18.6. The molecule has 0 saturated carbocycles. The van der Waals surface area contributed by atoms with E-state index in [1.807, 2.05) is 24.3 Å². The van der Waals surface area contributed by atoms with Gasteiger partial charge in [0, 0.05) is 49.5 Å². The number of nitrogens with one attached hydrogen (secondary N) is 1. The molecule has 2 heterocycles. The zero-order valence-electron chi connectivity index (χ0n) is 15.5. The van der Waals surface area contributed by atoms with Crippen LogP contribution in [0.2, 0.25) is 0 Å². The highest BCUT2D eigenvalue weighted by Gasteiger charge is 2.18. The highest BCUT2D eigenvalue weighted by Crippen LogP contribution is 2.24. The predicted molar refractivity (Wildman–Crippen MR) is 112 cm³/mol. The Morgan fingerprint density at radius 3 is 2.44 bits per heavy atom. The molecule has 140 valence electrons. The van der Waals surface area contributed by atoms with Crippen molar-refractivity contribution in [3.63, 3.8) is 0 Å². The number of anilines is 3. The molecule has 0 unspecified atom stereocenters. The lowest BCUT2D eigenvalue weighted by atomic mass is 10.2. The number of piperazine rings is 1. The topological polar surface area (TPSA) is 40.6 Å². The third kappa shape index (κ3) is 4.59. The van der Waals surface area contributed by atoms with Gasteiger partial charge in [-0.1, -0.05) is 18.2 Å². The van der Waals surface area contributed by atoms with Crippen LogP contribution in [0.4, 0.5) is 16.5 Å². The maximum Gasteiger partial charge on any atom is 0.187 e. The van der Waals surface area contributed by atoms with Crippen LogP contribution in [-0.2, 0) is 6.54 Å². The molecule has 1 fully saturated rings. The van der Waals surface area contributed by atoms with Crippen LogP contribution >= 0.6 is 11.3 Å². The van der Waals surface area contributed by atoms with Gasteiger partial charge in [0.25, 0.3) is 0 Å². The number of nitrogens with zero attached hydrogens (tertiary/aromatic N) is 3. The summed E-state index contributed by atoms with van der Waals surface area (Å²) < 4.78 is 5.19. The van der Waals surface area contributed by atoms with Crippen molar-refractivity contribution in [2.24, 2.45) is 0 Å². The van der Waals surface area contributed by atoms with E-state index in [1.165, 1.54) is 5.69 Å². The molecule has 0 spiro atoms. The highest BCUT2D eigenvalue weighted by atomic mass is 32.1. The molecule has 6 heteroatoms. The first kappa shape index (κ1) is 17.8. The molecule has 1 aliphatic rings. The number of benzene rings is 2. The van der Waals surface area contributed by atoms with Crippen molar-refractivity contribution in [2.45, 2.75) is 6.54 Å². The fraction of sp³-hybridized carbons (Fsp3) is 0.286. The quantitative estimate of drug-likeness (QED) is 0.693. The molecule has 1 aliphatic heterocycles. The molecule has 0 aliphatic carbocycles. The number of methoxy groups -OCH3 is 1. The molecular weight excluding hydrogens is 356 g/mol. The molecule has 5 nitrogen and oxygen atoms in total. The van der Waals surface area contributed by atoms with Gasteiger partial charge in [-0.2, -0.15) is 0 Å². The summed E-state index contributed by atoms with van der Waals surface area (Å²) in [5, 5.41) is 6.44. The summed E-state index contributed by atoms with van der Waals surface area (Å²) in [5.41, 5.74) is 3.47. The van der Waals surface area contributed by atoms with Crippen LogP contribution in [0.1, 0.15) is 5.69 Å². The van der Waals surface area contributed by atoms with Gasteiger partial charge in [-0.25, -0.2) is 4.98 Å². The molecular formula is C21H24N4OS. The Kier molecular flexibility index (Phi) is 5.55. The van der Waals surface area contributed by atoms with E-state index in [9.17, 15) is 0 Å². The third-order valence-electron chi connectivity index (χ3n) is 4.77. The van der Waals surface area contributed by atoms with Crippen LogP contribution in [0, 0.1) is 0 Å². The van der Waals surface area contributed by atoms with E-state index in [1.54, 1.807) is 18.4 Å². The number of hydrogen-bond acceptors (Lipinski definition) is 6. The lowest BCUT2D eigenvalue weighted by Gasteiger charge is -2.35. The van der Waals surface area contributed by atoms with E-state index in [4.69, 9.17) is 9.72 Å². The van der Waals surface area contributed by atoms with Crippen molar-refractivity contribution in [1.29, 1.82) is 0 Å². The Balaban J connectivity index is 1.29. The lowest BCUT2D eigenvalue weighted by molar-refractivity contribution is 0.247. The van der Waals surface area contributed by atoms with Gasteiger partial charge >= 0.3 is 0 Å². The molecule has 0 atom stereocenters. The van der Waals surface area contributed by atoms with E-state index in [0.717, 1.165) is 55.0 Å². The summed E-state index contributed by atoms with van der Waals surface area (Å²) >= 11 is 1.65. The van der Waals surface area contributed by atoms with E-state index < -0.39 is 0 Å². The van der Waals surface area contributed by atoms with E-state index in [-0.39, 0.29) is 0 Å². The van der Waals surface area contributed by atoms with E-state index in [0.29, 0.717) is 0 Å². The molecule has 0 bridgehead atoms. The zero-order chi connectivity index (χ0) is 18.5. The fourth-order valence-electron chi connectivity index (χ4n) is 3.27. The summed E-state index contributed by atoms with van der Waals surface area (Å²) in [5.74, 6) is 0.857. The van der Waals surface area contributed by atoms with Gasteiger partial charge in [0.1, 0.15) is 5.75 Å². The summed E-state index contributed by atoms with van der Waals surface area (Å²) in [4.78, 5) is 9.67. The highest BCUT2D eigenvalue weighted by molar-refractivity contribution is 7.13. The lowest BCUT2D eigenvalue weighted by Crippen LogP contribution is -2.46. The zero-order valence-corrected chi connectivity index (χ0v) is 16.3. The first-order valence-corrected chi connectivity index (χ1v) is 10.1. The number of hydrogen-bond donors (Lipinski definition) is 1. The minimum atomic E-state index is 0.857. The number of ether oxygens (including phenoxy) is 1. The smallest absolute Gasteiger partial charge is 0.187 e. The van der Waals surface area contributed by atoms with Crippen molar-refractivity contribution < 1.29 is 4.74 Å². The minimum absolute atomic E-state index is 0.857. The van der Waals surface area contributed by atoms with Gasteiger partial charge in [-0.3, -0.25) is 4.90 Å². The molecule has 1 saturated heterocycles. The van der Waals surface area contributed by atoms with Crippen LogP contribution in [0.5, 0.6) is 5.75 Å². The molecule has 0 amide bonds. The summed E-state index contributed by atoms with van der Waals surface area (Å²) in [7, 11) is 1.68. The SMILES string of the molecule is COc1ccc(Nc2nc(CN3CCN(c4ccccc4)CC3)cs2)cc1. The summed E-state index contributed by atoms with van der Waals surface area (Å²) in [6.45, 7) is 5.15. The molecule has 27 heavy (non-hydrogen) atoms. The van der Waals surface area contributed by atoms with Crippen LogP contribution in [0.15, 0.2) is 60.0 Å². The maximum absolute atomic E-state index is 5.19. The number of para-hydroxylation sites is 1. The second kappa shape index (κ2) is 8.41. The van der Waals surface area contributed by atoms with E-state index >= 15 is 0 Å². The van der Waals surface area contributed by atoms with Crippen LogP contribution in [-0.4, -0.2) is 43.2 Å². The largest absolute Gasteiger partial charge is 0.497 e. The second-order valence-electron chi connectivity index (χ2n) is 6.60. The van der Waals surface area contributed by atoms with Crippen LogP contribution in [0.3, 0.4) is 0 Å². The summed E-state index contributed by atoms with van der Waals surface area (Å²) in [6.07, 6.45) is 0. The third-order valence-corrected chi connectivity index (χ3v) is 5.58. The Hall–Kier alpha value is -2.57. The maximum atomic E-state index is 5.19.